The van der Waals surface area contributed by atoms with Crippen LogP contribution in [0.3, 0.4) is 0 Å². The van der Waals surface area contributed by atoms with E-state index in [1.807, 2.05) is 30.5 Å². The van der Waals surface area contributed by atoms with Gasteiger partial charge in [-0.2, -0.15) is 5.10 Å². The number of aromatic nitrogens is 2. The van der Waals surface area contributed by atoms with Gasteiger partial charge in [-0.15, -0.1) is 11.3 Å². The van der Waals surface area contributed by atoms with Crippen molar-refractivity contribution in [2.45, 2.75) is 31.1 Å². The van der Waals surface area contributed by atoms with Crippen molar-refractivity contribution in [3.63, 3.8) is 0 Å². The molecule has 1 N–H and O–H groups in total. The Morgan fingerprint density at radius 3 is 2.91 bits per heavy atom. The molecule has 22 heavy (non-hydrogen) atoms. The number of nitrogens with zero attached hydrogens (tertiary/aromatic N) is 2. The summed E-state index contributed by atoms with van der Waals surface area (Å²) in [7, 11) is 0. The summed E-state index contributed by atoms with van der Waals surface area (Å²) < 4.78 is 1.79. The molecule has 0 radical (unpaired) electrons. The third-order valence-corrected chi connectivity index (χ3v) is 5.62. The lowest BCUT2D eigenvalue weighted by molar-refractivity contribution is -0.121. The molecule has 3 aromatic rings. The number of fused-ring (bicyclic) bond motifs is 1. The van der Waals surface area contributed by atoms with E-state index in [4.69, 9.17) is 0 Å². The van der Waals surface area contributed by atoms with Crippen LogP contribution >= 0.6 is 11.3 Å². The lowest BCUT2D eigenvalue weighted by Crippen LogP contribution is -2.37. The van der Waals surface area contributed by atoms with E-state index in [1.54, 1.807) is 22.0 Å². The van der Waals surface area contributed by atoms with E-state index in [9.17, 15) is 4.79 Å². The van der Waals surface area contributed by atoms with Crippen LogP contribution in [-0.2, 0) is 10.2 Å². The van der Waals surface area contributed by atoms with E-state index in [2.05, 4.69) is 21.9 Å². The smallest absolute Gasteiger partial charge is 0.235 e. The second kappa shape index (κ2) is 5.25. The fourth-order valence-electron chi connectivity index (χ4n) is 3.36. The highest BCUT2D eigenvalue weighted by molar-refractivity contribution is 7.10. The standard InChI is InChI=1S/C17H17N3OS/c21-16(17(7-1-2-8-17)15-4-3-11-22-15)19-13-6-10-20-14(12-13)5-9-18-20/h3-6,9-12H,1-2,7-8H2,(H,19,21). The fourth-order valence-corrected chi connectivity index (χ4v) is 4.35. The second-order valence-electron chi connectivity index (χ2n) is 5.84. The zero-order valence-electron chi connectivity index (χ0n) is 12.2. The predicted molar refractivity (Wildman–Crippen MR) is 88.3 cm³/mol. The number of carbonyl (C=O) groups excluding carboxylic acids is 1. The number of rotatable bonds is 3. The first-order valence-electron chi connectivity index (χ1n) is 7.57. The Balaban J connectivity index is 1.64. The quantitative estimate of drug-likeness (QED) is 0.798. The number of pyridine rings is 1. The molecule has 0 saturated heterocycles. The zero-order valence-corrected chi connectivity index (χ0v) is 13.0. The lowest BCUT2D eigenvalue weighted by Gasteiger charge is -2.26. The first-order valence-corrected chi connectivity index (χ1v) is 8.45. The summed E-state index contributed by atoms with van der Waals surface area (Å²) in [5.41, 5.74) is 1.47. The topological polar surface area (TPSA) is 46.4 Å². The van der Waals surface area contributed by atoms with Gasteiger partial charge in [0, 0.05) is 23.0 Å². The molecule has 1 saturated carbocycles. The Morgan fingerprint density at radius 2 is 2.14 bits per heavy atom. The number of anilines is 1. The monoisotopic (exact) mass is 311 g/mol. The molecular formula is C17H17N3OS. The van der Waals surface area contributed by atoms with Crippen LogP contribution in [0.25, 0.3) is 5.52 Å². The largest absolute Gasteiger partial charge is 0.325 e. The van der Waals surface area contributed by atoms with Crippen LogP contribution in [-0.4, -0.2) is 15.5 Å². The predicted octanol–water partition coefficient (Wildman–Crippen LogP) is 3.85. The molecule has 1 aliphatic carbocycles. The molecule has 1 aliphatic rings. The number of hydrogen-bond donors (Lipinski definition) is 1. The Labute approximate surface area is 132 Å². The summed E-state index contributed by atoms with van der Waals surface area (Å²) >= 11 is 1.69. The maximum atomic E-state index is 13.0. The first-order chi connectivity index (χ1) is 10.8. The number of amides is 1. The average Bonchev–Trinajstić information content (AvgIpc) is 3.27. The van der Waals surface area contributed by atoms with Crippen molar-refractivity contribution in [1.82, 2.24) is 9.61 Å². The van der Waals surface area contributed by atoms with Crippen molar-refractivity contribution in [2.24, 2.45) is 0 Å². The molecule has 3 heterocycles. The van der Waals surface area contributed by atoms with Crippen LogP contribution in [0, 0.1) is 0 Å². The molecule has 0 unspecified atom stereocenters. The van der Waals surface area contributed by atoms with Gasteiger partial charge in [-0.1, -0.05) is 18.9 Å². The SMILES string of the molecule is O=C(Nc1ccn2nccc2c1)C1(c2cccs2)CCCC1. The number of carbonyl (C=O) groups is 1. The molecule has 4 nitrogen and oxygen atoms in total. The summed E-state index contributed by atoms with van der Waals surface area (Å²) in [5.74, 6) is 0.122. The minimum atomic E-state index is -0.347. The molecule has 1 amide bonds. The van der Waals surface area contributed by atoms with E-state index in [0.717, 1.165) is 36.9 Å². The van der Waals surface area contributed by atoms with Gasteiger partial charge in [0.25, 0.3) is 0 Å². The Bertz CT molecular complexity index is 800. The van der Waals surface area contributed by atoms with Gasteiger partial charge in [0.2, 0.25) is 5.91 Å². The summed E-state index contributed by atoms with van der Waals surface area (Å²) in [6, 6.07) is 9.92. The van der Waals surface area contributed by atoms with Gasteiger partial charge in [-0.25, -0.2) is 4.52 Å². The third-order valence-electron chi connectivity index (χ3n) is 4.54. The third kappa shape index (κ3) is 2.13. The highest BCUT2D eigenvalue weighted by Crippen LogP contribution is 2.43. The summed E-state index contributed by atoms with van der Waals surface area (Å²) in [6.45, 7) is 0. The van der Waals surface area contributed by atoms with Crippen molar-refractivity contribution in [1.29, 1.82) is 0 Å². The Morgan fingerprint density at radius 1 is 1.27 bits per heavy atom. The van der Waals surface area contributed by atoms with Gasteiger partial charge in [0.05, 0.1) is 10.9 Å². The van der Waals surface area contributed by atoms with E-state index in [1.165, 1.54) is 4.88 Å². The van der Waals surface area contributed by atoms with Gasteiger partial charge in [0.1, 0.15) is 0 Å². The first kappa shape index (κ1) is 13.5. The van der Waals surface area contributed by atoms with Crippen molar-refractivity contribution in [2.75, 3.05) is 5.32 Å². The molecular weight excluding hydrogens is 294 g/mol. The maximum absolute atomic E-state index is 13.0. The normalized spacial score (nSPS) is 16.9. The van der Waals surface area contributed by atoms with Crippen LogP contribution in [0.2, 0.25) is 0 Å². The molecule has 4 rings (SSSR count). The Kier molecular flexibility index (Phi) is 3.22. The number of thiophene rings is 1. The highest BCUT2D eigenvalue weighted by Gasteiger charge is 2.43. The minimum absolute atomic E-state index is 0.122. The van der Waals surface area contributed by atoms with Crippen LogP contribution in [0.5, 0.6) is 0 Å². The molecule has 0 atom stereocenters. The molecule has 0 spiro atoms. The molecule has 0 aliphatic heterocycles. The van der Waals surface area contributed by atoms with Crippen molar-refractivity contribution in [3.05, 3.63) is 53.0 Å². The molecule has 0 bridgehead atoms. The van der Waals surface area contributed by atoms with Crippen molar-refractivity contribution >= 4 is 28.4 Å². The molecule has 0 aromatic carbocycles. The maximum Gasteiger partial charge on any atom is 0.235 e. The van der Waals surface area contributed by atoms with Gasteiger partial charge >= 0.3 is 0 Å². The van der Waals surface area contributed by atoms with Gasteiger partial charge in [-0.3, -0.25) is 4.79 Å². The van der Waals surface area contributed by atoms with Crippen LogP contribution < -0.4 is 5.32 Å². The molecule has 112 valence electrons. The average molecular weight is 311 g/mol. The van der Waals surface area contributed by atoms with Gasteiger partial charge < -0.3 is 5.32 Å². The molecule has 1 fully saturated rings. The Hall–Kier alpha value is -2.14. The second-order valence-corrected chi connectivity index (χ2v) is 6.78. The number of nitrogens with one attached hydrogen (secondary N) is 1. The molecule has 5 heteroatoms. The van der Waals surface area contributed by atoms with E-state index in [0.29, 0.717) is 0 Å². The summed E-state index contributed by atoms with van der Waals surface area (Å²) in [4.78, 5) is 14.2. The van der Waals surface area contributed by atoms with Crippen LogP contribution in [0.15, 0.2) is 48.1 Å². The van der Waals surface area contributed by atoms with E-state index < -0.39 is 0 Å². The summed E-state index contributed by atoms with van der Waals surface area (Å²) in [6.07, 6.45) is 7.74. The van der Waals surface area contributed by atoms with E-state index >= 15 is 0 Å². The lowest BCUT2D eigenvalue weighted by atomic mass is 9.83. The van der Waals surface area contributed by atoms with Crippen LogP contribution in [0.4, 0.5) is 5.69 Å². The zero-order chi connectivity index (χ0) is 15.0. The highest BCUT2D eigenvalue weighted by atomic mass is 32.1. The summed E-state index contributed by atoms with van der Waals surface area (Å²) in [5, 5.41) is 9.35. The number of hydrogen-bond acceptors (Lipinski definition) is 3. The van der Waals surface area contributed by atoms with E-state index in [-0.39, 0.29) is 11.3 Å². The van der Waals surface area contributed by atoms with Gasteiger partial charge in [0.15, 0.2) is 0 Å². The van der Waals surface area contributed by atoms with Crippen LogP contribution in [0.1, 0.15) is 30.6 Å². The fraction of sp³-hybridized carbons (Fsp3) is 0.294. The van der Waals surface area contributed by atoms with Crippen molar-refractivity contribution < 1.29 is 4.79 Å². The van der Waals surface area contributed by atoms with Gasteiger partial charge in [-0.05, 0) is 42.5 Å². The van der Waals surface area contributed by atoms with Crippen molar-refractivity contribution in [3.8, 4) is 0 Å². The molecule has 3 aromatic heterocycles. The minimum Gasteiger partial charge on any atom is -0.325 e.